The predicted molar refractivity (Wildman–Crippen MR) is 107 cm³/mol. The van der Waals surface area contributed by atoms with Crippen molar-refractivity contribution in [3.05, 3.63) is 60.3 Å². The van der Waals surface area contributed by atoms with E-state index in [9.17, 15) is 4.79 Å². The Morgan fingerprint density at radius 3 is 2.71 bits per heavy atom. The number of anilines is 1. The standard InChI is InChI=1S/C21H24N6O/c1-15-22-11-16(12-23-15)13-27-10-2-3-18(14-27)21(28)25-19-6-4-17(5-7-19)20-8-9-24-26-20/h4-9,11-12,18H,2-3,10,13-14H2,1H3,(H,24,26)(H,25,28)/t18-/m1/s1. The fourth-order valence-corrected chi connectivity index (χ4v) is 3.57. The Kier molecular flexibility index (Phi) is 5.43. The van der Waals surface area contributed by atoms with E-state index in [1.807, 2.05) is 49.6 Å². The van der Waals surface area contributed by atoms with E-state index in [4.69, 9.17) is 0 Å². The summed E-state index contributed by atoms with van der Waals surface area (Å²) in [6.45, 7) is 4.41. The van der Waals surface area contributed by atoms with Crippen LogP contribution in [0.25, 0.3) is 11.3 Å². The number of amides is 1. The van der Waals surface area contributed by atoms with Crippen molar-refractivity contribution in [3.8, 4) is 11.3 Å². The highest BCUT2D eigenvalue weighted by molar-refractivity contribution is 5.93. The van der Waals surface area contributed by atoms with Crippen molar-refractivity contribution < 1.29 is 4.79 Å². The summed E-state index contributed by atoms with van der Waals surface area (Å²) in [5.41, 5.74) is 3.90. The lowest BCUT2D eigenvalue weighted by Gasteiger charge is -2.31. The van der Waals surface area contributed by atoms with Gasteiger partial charge in [-0.15, -0.1) is 0 Å². The Morgan fingerprint density at radius 2 is 2.00 bits per heavy atom. The van der Waals surface area contributed by atoms with Crippen molar-refractivity contribution in [2.75, 3.05) is 18.4 Å². The minimum Gasteiger partial charge on any atom is -0.326 e. The van der Waals surface area contributed by atoms with Crippen LogP contribution in [0.4, 0.5) is 5.69 Å². The number of likely N-dealkylation sites (tertiary alicyclic amines) is 1. The van der Waals surface area contributed by atoms with Crippen LogP contribution in [-0.2, 0) is 11.3 Å². The molecule has 0 spiro atoms. The van der Waals surface area contributed by atoms with Crippen LogP contribution in [0.5, 0.6) is 0 Å². The first-order valence-corrected chi connectivity index (χ1v) is 9.58. The van der Waals surface area contributed by atoms with Crippen LogP contribution in [0.1, 0.15) is 24.2 Å². The number of nitrogens with one attached hydrogen (secondary N) is 2. The Balaban J connectivity index is 1.34. The summed E-state index contributed by atoms with van der Waals surface area (Å²) in [7, 11) is 0. The normalized spacial score (nSPS) is 17.4. The molecule has 1 aromatic carbocycles. The summed E-state index contributed by atoms with van der Waals surface area (Å²) >= 11 is 0. The van der Waals surface area contributed by atoms with Crippen LogP contribution < -0.4 is 5.32 Å². The highest BCUT2D eigenvalue weighted by atomic mass is 16.1. The molecule has 0 bridgehead atoms. The number of nitrogens with zero attached hydrogens (tertiary/aromatic N) is 4. The second-order valence-corrected chi connectivity index (χ2v) is 7.25. The van der Waals surface area contributed by atoms with Crippen molar-refractivity contribution in [3.63, 3.8) is 0 Å². The maximum atomic E-state index is 12.7. The van der Waals surface area contributed by atoms with E-state index in [-0.39, 0.29) is 11.8 Å². The van der Waals surface area contributed by atoms with Gasteiger partial charge in [-0.3, -0.25) is 14.8 Å². The Labute approximate surface area is 164 Å². The second-order valence-electron chi connectivity index (χ2n) is 7.25. The Morgan fingerprint density at radius 1 is 1.21 bits per heavy atom. The molecule has 7 heteroatoms. The molecule has 4 rings (SSSR count). The number of hydrogen-bond donors (Lipinski definition) is 2. The smallest absolute Gasteiger partial charge is 0.228 e. The third-order valence-electron chi connectivity index (χ3n) is 5.08. The fourth-order valence-electron chi connectivity index (χ4n) is 3.57. The number of aromatic amines is 1. The van der Waals surface area contributed by atoms with Gasteiger partial charge in [0.1, 0.15) is 5.82 Å². The number of aromatic nitrogens is 4. The number of hydrogen-bond acceptors (Lipinski definition) is 5. The monoisotopic (exact) mass is 376 g/mol. The zero-order valence-electron chi connectivity index (χ0n) is 15.9. The summed E-state index contributed by atoms with van der Waals surface area (Å²) < 4.78 is 0. The van der Waals surface area contributed by atoms with E-state index in [1.54, 1.807) is 6.20 Å². The van der Waals surface area contributed by atoms with Gasteiger partial charge in [0.25, 0.3) is 0 Å². The molecule has 1 atom stereocenters. The number of carbonyl (C=O) groups excluding carboxylic acids is 1. The first-order chi connectivity index (χ1) is 13.7. The average molecular weight is 376 g/mol. The highest BCUT2D eigenvalue weighted by Gasteiger charge is 2.26. The first kappa shape index (κ1) is 18.3. The van der Waals surface area contributed by atoms with E-state index >= 15 is 0 Å². The lowest BCUT2D eigenvalue weighted by Crippen LogP contribution is -2.40. The maximum absolute atomic E-state index is 12.7. The molecule has 3 heterocycles. The van der Waals surface area contributed by atoms with Crippen molar-refractivity contribution in [1.82, 2.24) is 25.1 Å². The molecule has 0 aliphatic carbocycles. The zero-order chi connectivity index (χ0) is 19.3. The van der Waals surface area contributed by atoms with Crippen molar-refractivity contribution in [1.29, 1.82) is 0 Å². The van der Waals surface area contributed by atoms with E-state index in [0.717, 1.165) is 60.8 Å². The molecule has 1 aliphatic rings. The van der Waals surface area contributed by atoms with Crippen LogP contribution in [0.3, 0.4) is 0 Å². The molecule has 7 nitrogen and oxygen atoms in total. The molecule has 0 saturated carbocycles. The molecule has 3 aromatic rings. The third kappa shape index (κ3) is 4.43. The van der Waals surface area contributed by atoms with Gasteiger partial charge in [-0.2, -0.15) is 5.10 Å². The van der Waals surface area contributed by atoms with Crippen LogP contribution in [0.15, 0.2) is 48.9 Å². The molecular formula is C21H24N6O. The lowest BCUT2D eigenvalue weighted by atomic mass is 9.96. The maximum Gasteiger partial charge on any atom is 0.228 e. The molecule has 2 aromatic heterocycles. The minimum atomic E-state index is -0.00704. The number of piperidine rings is 1. The van der Waals surface area contributed by atoms with E-state index in [1.165, 1.54) is 0 Å². The van der Waals surface area contributed by atoms with Gasteiger partial charge in [0.2, 0.25) is 5.91 Å². The quantitative estimate of drug-likeness (QED) is 0.715. The first-order valence-electron chi connectivity index (χ1n) is 9.58. The molecule has 2 N–H and O–H groups in total. The number of benzene rings is 1. The van der Waals surface area contributed by atoms with Crippen LogP contribution >= 0.6 is 0 Å². The van der Waals surface area contributed by atoms with Crippen molar-refractivity contribution >= 4 is 11.6 Å². The van der Waals surface area contributed by atoms with Gasteiger partial charge in [-0.25, -0.2) is 9.97 Å². The van der Waals surface area contributed by atoms with Gasteiger partial charge in [-0.1, -0.05) is 12.1 Å². The largest absolute Gasteiger partial charge is 0.326 e. The fraction of sp³-hybridized carbons (Fsp3) is 0.333. The summed E-state index contributed by atoms with van der Waals surface area (Å²) in [6.07, 6.45) is 7.39. The van der Waals surface area contributed by atoms with Crippen LogP contribution in [0.2, 0.25) is 0 Å². The predicted octanol–water partition coefficient (Wildman–Crippen LogP) is 3.03. The molecule has 1 amide bonds. The van der Waals surface area contributed by atoms with Gasteiger partial charge in [0.15, 0.2) is 0 Å². The highest BCUT2D eigenvalue weighted by Crippen LogP contribution is 2.22. The molecular weight excluding hydrogens is 352 g/mol. The summed E-state index contributed by atoms with van der Waals surface area (Å²) in [5, 5.41) is 9.97. The third-order valence-corrected chi connectivity index (χ3v) is 5.08. The SMILES string of the molecule is Cc1ncc(CN2CCC[C@@H](C(=O)Nc3ccc(-c4ccn[nH]4)cc3)C2)cn1. The van der Waals surface area contributed by atoms with Gasteiger partial charge in [0, 0.05) is 42.9 Å². The molecule has 28 heavy (non-hydrogen) atoms. The zero-order valence-corrected chi connectivity index (χ0v) is 15.9. The molecule has 0 unspecified atom stereocenters. The lowest BCUT2D eigenvalue weighted by molar-refractivity contribution is -0.121. The van der Waals surface area contributed by atoms with Gasteiger partial charge >= 0.3 is 0 Å². The summed E-state index contributed by atoms with van der Waals surface area (Å²) in [5.74, 6) is 0.852. The van der Waals surface area contributed by atoms with E-state index < -0.39 is 0 Å². The van der Waals surface area contributed by atoms with Gasteiger partial charge in [0.05, 0.1) is 11.6 Å². The van der Waals surface area contributed by atoms with Gasteiger partial charge < -0.3 is 5.32 Å². The molecule has 1 fully saturated rings. The van der Waals surface area contributed by atoms with Gasteiger partial charge in [-0.05, 0) is 50.1 Å². The number of H-pyrrole nitrogens is 1. The average Bonchev–Trinajstić information content (AvgIpc) is 3.25. The Hall–Kier alpha value is -3.06. The number of carbonyl (C=O) groups is 1. The van der Waals surface area contributed by atoms with E-state index in [0.29, 0.717) is 0 Å². The number of rotatable bonds is 5. The molecule has 1 aliphatic heterocycles. The second kappa shape index (κ2) is 8.31. The summed E-state index contributed by atoms with van der Waals surface area (Å²) in [6, 6.07) is 9.74. The Bertz CT molecular complexity index is 905. The minimum absolute atomic E-state index is 0.00704. The van der Waals surface area contributed by atoms with E-state index in [2.05, 4.69) is 30.4 Å². The van der Waals surface area contributed by atoms with Crippen molar-refractivity contribution in [2.45, 2.75) is 26.3 Å². The van der Waals surface area contributed by atoms with Crippen molar-refractivity contribution in [2.24, 2.45) is 5.92 Å². The van der Waals surface area contributed by atoms with Crippen LogP contribution in [0, 0.1) is 12.8 Å². The molecule has 144 valence electrons. The molecule has 1 saturated heterocycles. The van der Waals surface area contributed by atoms with Crippen LogP contribution in [-0.4, -0.2) is 44.1 Å². The topological polar surface area (TPSA) is 86.8 Å². The number of aryl methyl sites for hydroxylation is 1. The molecule has 0 radical (unpaired) electrons. The summed E-state index contributed by atoms with van der Waals surface area (Å²) in [4.78, 5) is 23.6.